The van der Waals surface area contributed by atoms with Gasteiger partial charge in [-0.3, -0.25) is 4.79 Å². The SMILES string of the molecule is O=C(CNS(=O)(=O)c1ccc(Br)s1)N1CCN(c2ccccc2)CC1. The smallest absolute Gasteiger partial charge is 0.250 e. The number of hydrogen-bond acceptors (Lipinski definition) is 5. The molecular weight excluding hydrogens is 426 g/mol. The quantitative estimate of drug-likeness (QED) is 0.768. The van der Waals surface area contributed by atoms with Crippen LogP contribution in [-0.4, -0.2) is 51.9 Å². The second kappa shape index (κ2) is 7.86. The summed E-state index contributed by atoms with van der Waals surface area (Å²) in [5, 5.41) is 0. The molecule has 2 aromatic rings. The minimum Gasteiger partial charge on any atom is -0.368 e. The maximum Gasteiger partial charge on any atom is 0.250 e. The van der Waals surface area contributed by atoms with Gasteiger partial charge in [0.15, 0.2) is 0 Å². The fourth-order valence-electron chi connectivity index (χ4n) is 2.63. The molecule has 1 N–H and O–H groups in total. The number of hydrogen-bond donors (Lipinski definition) is 1. The zero-order valence-corrected chi connectivity index (χ0v) is 16.6. The summed E-state index contributed by atoms with van der Waals surface area (Å²) in [5.41, 5.74) is 1.14. The lowest BCUT2D eigenvalue weighted by atomic mass is 10.2. The molecule has 0 saturated carbocycles. The maximum atomic E-state index is 12.3. The van der Waals surface area contributed by atoms with Gasteiger partial charge < -0.3 is 9.80 Å². The van der Waals surface area contributed by atoms with Gasteiger partial charge in [0.25, 0.3) is 10.0 Å². The number of rotatable bonds is 5. The first-order chi connectivity index (χ1) is 12.0. The normalized spacial score (nSPS) is 15.4. The van der Waals surface area contributed by atoms with Crippen molar-refractivity contribution in [3.63, 3.8) is 0 Å². The highest BCUT2D eigenvalue weighted by atomic mass is 79.9. The number of halogens is 1. The molecule has 0 spiro atoms. The molecule has 1 saturated heterocycles. The standard InChI is InChI=1S/C16H18BrN3O3S2/c17-14-6-7-16(24-14)25(22,23)18-12-15(21)20-10-8-19(9-11-20)13-4-2-1-3-5-13/h1-7,18H,8-12H2. The molecule has 25 heavy (non-hydrogen) atoms. The Bertz CT molecular complexity index is 831. The first kappa shape index (κ1) is 18.4. The molecule has 6 nitrogen and oxygen atoms in total. The van der Waals surface area contributed by atoms with E-state index < -0.39 is 10.0 Å². The average molecular weight is 444 g/mol. The van der Waals surface area contributed by atoms with Crippen LogP contribution in [0.4, 0.5) is 5.69 Å². The lowest BCUT2D eigenvalue weighted by Crippen LogP contribution is -2.51. The fraction of sp³-hybridized carbons (Fsp3) is 0.312. The Balaban J connectivity index is 1.51. The topological polar surface area (TPSA) is 69.7 Å². The molecule has 9 heteroatoms. The van der Waals surface area contributed by atoms with Crippen molar-refractivity contribution in [3.05, 3.63) is 46.3 Å². The predicted octanol–water partition coefficient (Wildman–Crippen LogP) is 2.14. The van der Waals surface area contributed by atoms with Gasteiger partial charge in [0, 0.05) is 31.9 Å². The van der Waals surface area contributed by atoms with Crippen molar-refractivity contribution in [2.45, 2.75) is 4.21 Å². The van der Waals surface area contributed by atoms with Gasteiger partial charge in [-0.2, -0.15) is 0 Å². The molecule has 2 heterocycles. The summed E-state index contributed by atoms with van der Waals surface area (Å²) in [4.78, 5) is 16.2. The van der Waals surface area contributed by atoms with Gasteiger partial charge in [-0.15, -0.1) is 11.3 Å². The van der Waals surface area contributed by atoms with Gasteiger partial charge in [-0.05, 0) is 40.2 Å². The van der Waals surface area contributed by atoms with Crippen LogP contribution < -0.4 is 9.62 Å². The number of carbonyl (C=O) groups is 1. The van der Waals surface area contributed by atoms with Gasteiger partial charge in [0.05, 0.1) is 10.3 Å². The van der Waals surface area contributed by atoms with Crippen LogP contribution in [0.1, 0.15) is 0 Å². The second-order valence-electron chi connectivity index (χ2n) is 5.59. The van der Waals surface area contributed by atoms with Crippen molar-refractivity contribution in [2.24, 2.45) is 0 Å². The zero-order valence-electron chi connectivity index (χ0n) is 13.4. The van der Waals surface area contributed by atoms with E-state index in [2.05, 4.69) is 25.6 Å². The van der Waals surface area contributed by atoms with Crippen LogP contribution in [0, 0.1) is 0 Å². The molecule has 1 amide bonds. The molecule has 1 fully saturated rings. The monoisotopic (exact) mass is 443 g/mol. The number of anilines is 1. The van der Waals surface area contributed by atoms with E-state index in [1.807, 2.05) is 30.3 Å². The molecule has 3 rings (SSSR count). The summed E-state index contributed by atoms with van der Waals surface area (Å²) >= 11 is 4.35. The van der Waals surface area contributed by atoms with E-state index in [-0.39, 0.29) is 16.7 Å². The van der Waals surface area contributed by atoms with Crippen LogP contribution >= 0.6 is 27.3 Å². The van der Waals surface area contributed by atoms with Gasteiger partial charge in [0.2, 0.25) is 5.91 Å². The van der Waals surface area contributed by atoms with Crippen LogP contribution in [0.15, 0.2) is 50.5 Å². The highest BCUT2D eigenvalue weighted by Gasteiger charge is 2.23. The maximum absolute atomic E-state index is 12.3. The van der Waals surface area contributed by atoms with E-state index >= 15 is 0 Å². The number of carbonyl (C=O) groups excluding carboxylic acids is 1. The Labute approximate surface area is 159 Å². The fourth-order valence-corrected chi connectivity index (χ4v) is 5.66. The van der Waals surface area contributed by atoms with E-state index in [9.17, 15) is 13.2 Å². The molecule has 1 aromatic carbocycles. The van der Waals surface area contributed by atoms with E-state index in [0.29, 0.717) is 13.1 Å². The molecule has 0 bridgehead atoms. The Morgan fingerprint density at radius 2 is 1.76 bits per heavy atom. The zero-order chi connectivity index (χ0) is 17.9. The predicted molar refractivity (Wildman–Crippen MR) is 102 cm³/mol. The Morgan fingerprint density at radius 1 is 1.08 bits per heavy atom. The van der Waals surface area contributed by atoms with Crippen molar-refractivity contribution < 1.29 is 13.2 Å². The van der Waals surface area contributed by atoms with Crippen LogP contribution in [-0.2, 0) is 14.8 Å². The molecule has 1 aliphatic heterocycles. The molecule has 0 atom stereocenters. The first-order valence-electron chi connectivity index (χ1n) is 7.78. The Hall–Kier alpha value is -1.42. The third-order valence-corrected chi connectivity index (χ3v) is 7.50. The molecule has 0 radical (unpaired) electrons. The van der Waals surface area contributed by atoms with Crippen molar-refractivity contribution >= 4 is 48.9 Å². The summed E-state index contributed by atoms with van der Waals surface area (Å²) in [6, 6.07) is 13.2. The summed E-state index contributed by atoms with van der Waals surface area (Å²) in [5.74, 6) is -0.202. The Morgan fingerprint density at radius 3 is 2.36 bits per heavy atom. The summed E-state index contributed by atoms with van der Waals surface area (Å²) in [6.07, 6.45) is 0. The summed E-state index contributed by atoms with van der Waals surface area (Å²) < 4.78 is 27.7. The van der Waals surface area contributed by atoms with Gasteiger partial charge >= 0.3 is 0 Å². The molecule has 134 valence electrons. The van der Waals surface area contributed by atoms with Crippen LogP contribution in [0.3, 0.4) is 0 Å². The van der Waals surface area contributed by atoms with Gasteiger partial charge in [-0.1, -0.05) is 18.2 Å². The summed E-state index contributed by atoms with van der Waals surface area (Å²) in [6.45, 7) is 2.42. The van der Waals surface area contributed by atoms with Crippen LogP contribution in [0.5, 0.6) is 0 Å². The van der Waals surface area contributed by atoms with E-state index in [0.717, 1.165) is 33.9 Å². The molecule has 1 aromatic heterocycles. The molecule has 0 aliphatic carbocycles. The Kier molecular flexibility index (Phi) is 5.78. The summed E-state index contributed by atoms with van der Waals surface area (Å²) in [7, 11) is -3.65. The number of nitrogens with zero attached hydrogens (tertiary/aromatic N) is 2. The first-order valence-corrected chi connectivity index (χ1v) is 10.9. The van der Waals surface area contributed by atoms with Crippen molar-refractivity contribution in [3.8, 4) is 0 Å². The van der Waals surface area contributed by atoms with E-state index in [4.69, 9.17) is 0 Å². The number of sulfonamides is 1. The number of benzene rings is 1. The minimum atomic E-state index is -3.65. The number of amides is 1. The van der Waals surface area contributed by atoms with E-state index in [1.165, 1.54) is 6.07 Å². The molecule has 1 aliphatic rings. The van der Waals surface area contributed by atoms with Crippen LogP contribution in [0.25, 0.3) is 0 Å². The number of piperazine rings is 1. The second-order valence-corrected chi connectivity index (χ2v) is 10.0. The highest BCUT2D eigenvalue weighted by molar-refractivity contribution is 9.11. The number of para-hydroxylation sites is 1. The number of nitrogens with one attached hydrogen (secondary N) is 1. The largest absolute Gasteiger partial charge is 0.368 e. The number of thiophene rings is 1. The highest BCUT2D eigenvalue weighted by Crippen LogP contribution is 2.25. The van der Waals surface area contributed by atoms with Crippen LogP contribution in [0.2, 0.25) is 0 Å². The molecular formula is C16H18BrN3O3S2. The average Bonchev–Trinajstić information content (AvgIpc) is 3.08. The van der Waals surface area contributed by atoms with Gasteiger partial charge in [-0.25, -0.2) is 13.1 Å². The molecule has 0 unspecified atom stereocenters. The van der Waals surface area contributed by atoms with Crippen molar-refractivity contribution in [1.82, 2.24) is 9.62 Å². The van der Waals surface area contributed by atoms with E-state index in [1.54, 1.807) is 11.0 Å². The van der Waals surface area contributed by atoms with Crippen molar-refractivity contribution in [2.75, 3.05) is 37.6 Å². The lowest BCUT2D eigenvalue weighted by molar-refractivity contribution is -0.130. The van der Waals surface area contributed by atoms with Gasteiger partial charge in [0.1, 0.15) is 4.21 Å². The minimum absolute atomic E-state index is 0.195. The third kappa shape index (κ3) is 4.60. The van der Waals surface area contributed by atoms with Crippen molar-refractivity contribution in [1.29, 1.82) is 0 Å². The lowest BCUT2D eigenvalue weighted by Gasteiger charge is -2.36. The third-order valence-electron chi connectivity index (χ3n) is 3.98.